The average molecular weight is 425 g/mol. The van der Waals surface area contributed by atoms with Gasteiger partial charge in [-0.15, -0.1) is 0 Å². The monoisotopic (exact) mass is 424 g/mol. The molecule has 4 rings (SSSR count). The highest BCUT2D eigenvalue weighted by Gasteiger charge is 2.19. The largest absolute Gasteiger partial charge is 0.493 e. The summed E-state index contributed by atoms with van der Waals surface area (Å²) >= 11 is 0. The third-order valence-electron chi connectivity index (χ3n) is 5.85. The highest BCUT2D eigenvalue weighted by molar-refractivity contribution is 5.79. The van der Waals surface area contributed by atoms with Crippen LogP contribution in [0.15, 0.2) is 23.0 Å². The van der Waals surface area contributed by atoms with Gasteiger partial charge in [-0.3, -0.25) is 14.4 Å². The van der Waals surface area contributed by atoms with E-state index in [2.05, 4.69) is 46.0 Å². The van der Waals surface area contributed by atoms with Crippen molar-refractivity contribution in [3.05, 3.63) is 39.8 Å². The first-order chi connectivity index (χ1) is 15.0. The van der Waals surface area contributed by atoms with Gasteiger partial charge in [0.15, 0.2) is 5.52 Å². The number of H-pyrrole nitrogens is 1. The molecule has 2 aromatic heterocycles. The normalized spacial score (nSPS) is 15.6. The third-order valence-corrected chi connectivity index (χ3v) is 5.85. The maximum Gasteiger partial charge on any atom is 0.277 e. The fourth-order valence-corrected chi connectivity index (χ4v) is 4.19. The second-order valence-electron chi connectivity index (χ2n) is 8.27. The van der Waals surface area contributed by atoms with Crippen LogP contribution in [0.2, 0.25) is 0 Å². The van der Waals surface area contributed by atoms with Crippen molar-refractivity contribution in [2.45, 2.75) is 33.2 Å². The average Bonchev–Trinajstić information content (AvgIpc) is 3.07. The van der Waals surface area contributed by atoms with E-state index in [4.69, 9.17) is 9.72 Å². The van der Waals surface area contributed by atoms with E-state index in [1.807, 2.05) is 13.0 Å². The Labute approximate surface area is 182 Å². The molecule has 0 atom stereocenters. The first-order valence-electron chi connectivity index (χ1n) is 11.1. The molecule has 1 aliphatic rings. The minimum Gasteiger partial charge on any atom is -0.493 e. The molecule has 0 saturated carbocycles. The van der Waals surface area contributed by atoms with Crippen LogP contribution in [0.3, 0.4) is 0 Å². The summed E-state index contributed by atoms with van der Waals surface area (Å²) in [7, 11) is 3.95. The van der Waals surface area contributed by atoms with Crippen molar-refractivity contribution in [1.82, 2.24) is 29.5 Å². The maximum absolute atomic E-state index is 12.9. The van der Waals surface area contributed by atoms with Gasteiger partial charge in [0, 0.05) is 39.8 Å². The van der Waals surface area contributed by atoms with E-state index in [0.717, 1.165) is 62.6 Å². The predicted octanol–water partition coefficient (Wildman–Crippen LogP) is 2.42. The highest BCUT2D eigenvalue weighted by Crippen LogP contribution is 2.30. The second kappa shape index (κ2) is 9.20. The maximum atomic E-state index is 12.9. The Morgan fingerprint density at radius 1 is 1.13 bits per heavy atom. The van der Waals surface area contributed by atoms with Crippen molar-refractivity contribution in [2.75, 3.05) is 39.8 Å². The second-order valence-corrected chi connectivity index (χ2v) is 8.27. The zero-order chi connectivity index (χ0) is 22.0. The van der Waals surface area contributed by atoms with Crippen molar-refractivity contribution in [2.24, 2.45) is 7.05 Å². The highest BCUT2D eigenvalue weighted by atomic mass is 16.5. The molecule has 0 bridgehead atoms. The lowest BCUT2D eigenvalue weighted by Gasteiger charge is -2.32. The Bertz CT molecular complexity index is 1110. The minimum atomic E-state index is -0.177. The molecule has 0 spiro atoms. The van der Waals surface area contributed by atoms with Crippen molar-refractivity contribution in [3.63, 3.8) is 0 Å². The number of rotatable bonds is 7. The Kier molecular flexibility index (Phi) is 6.38. The van der Waals surface area contributed by atoms with Gasteiger partial charge in [0.05, 0.1) is 17.9 Å². The van der Waals surface area contributed by atoms with Gasteiger partial charge in [0.25, 0.3) is 5.56 Å². The number of likely N-dealkylation sites (N-methyl/N-ethyl adjacent to an activating group) is 1. The van der Waals surface area contributed by atoms with Gasteiger partial charge in [-0.2, -0.15) is 5.10 Å². The molecule has 0 aliphatic carbocycles. The Morgan fingerprint density at radius 3 is 2.61 bits per heavy atom. The van der Waals surface area contributed by atoms with Crippen LogP contribution in [0.1, 0.15) is 31.5 Å². The molecule has 1 saturated heterocycles. The molecule has 8 nitrogen and oxygen atoms in total. The zero-order valence-electron chi connectivity index (χ0n) is 18.9. The molecule has 0 amide bonds. The van der Waals surface area contributed by atoms with E-state index < -0.39 is 0 Å². The van der Waals surface area contributed by atoms with Crippen molar-refractivity contribution >= 4 is 11.0 Å². The van der Waals surface area contributed by atoms with Gasteiger partial charge in [-0.05, 0) is 38.1 Å². The van der Waals surface area contributed by atoms with Gasteiger partial charge < -0.3 is 14.6 Å². The quantitative estimate of drug-likeness (QED) is 0.628. The summed E-state index contributed by atoms with van der Waals surface area (Å²) in [6.07, 6.45) is 1.73. The van der Waals surface area contributed by atoms with E-state index >= 15 is 0 Å². The molecule has 3 aromatic rings. The van der Waals surface area contributed by atoms with Crippen LogP contribution >= 0.6 is 0 Å². The molecule has 3 heterocycles. The number of ether oxygens (including phenoxy) is 1. The van der Waals surface area contributed by atoms with Gasteiger partial charge in [0.1, 0.15) is 17.1 Å². The van der Waals surface area contributed by atoms with Gasteiger partial charge >= 0.3 is 0 Å². The van der Waals surface area contributed by atoms with Crippen molar-refractivity contribution < 1.29 is 4.74 Å². The lowest BCUT2D eigenvalue weighted by molar-refractivity contribution is 0.148. The minimum absolute atomic E-state index is 0.177. The van der Waals surface area contributed by atoms with Gasteiger partial charge in [0.2, 0.25) is 0 Å². The third kappa shape index (κ3) is 4.50. The van der Waals surface area contributed by atoms with Gasteiger partial charge in [-0.1, -0.05) is 19.4 Å². The smallest absolute Gasteiger partial charge is 0.277 e. The topological polar surface area (TPSA) is 79.3 Å². The van der Waals surface area contributed by atoms with E-state index in [9.17, 15) is 4.79 Å². The fraction of sp³-hybridized carbons (Fsp3) is 0.522. The van der Waals surface area contributed by atoms with Crippen LogP contribution in [0.5, 0.6) is 5.75 Å². The van der Waals surface area contributed by atoms with E-state index in [0.29, 0.717) is 23.5 Å². The van der Waals surface area contributed by atoms with Crippen LogP contribution in [-0.4, -0.2) is 69.4 Å². The van der Waals surface area contributed by atoms with Crippen molar-refractivity contribution in [1.29, 1.82) is 0 Å². The number of piperazine rings is 1. The number of nitrogens with one attached hydrogen (secondary N) is 1. The van der Waals surface area contributed by atoms with Gasteiger partial charge in [-0.25, -0.2) is 4.98 Å². The summed E-state index contributed by atoms with van der Waals surface area (Å²) in [5, 5.41) is 4.53. The van der Waals surface area contributed by atoms with Crippen LogP contribution in [0.25, 0.3) is 22.4 Å². The zero-order valence-corrected chi connectivity index (χ0v) is 18.9. The van der Waals surface area contributed by atoms with E-state index in [-0.39, 0.29) is 5.56 Å². The first-order valence-corrected chi connectivity index (χ1v) is 11.1. The molecular weight excluding hydrogens is 392 g/mol. The number of hydrogen-bond donors (Lipinski definition) is 1. The van der Waals surface area contributed by atoms with Crippen LogP contribution < -0.4 is 10.3 Å². The summed E-state index contributed by atoms with van der Waals surface area (Å²) in [5.74, 6) is 1.26. The molecule has 31 heavy (non-hydrogen) atoms. The molecular formula is C23H32N6O2. The predicted molar refractivity (Wildman–Crippen MR) is 123 cm³/mol. The number of fused-ring (bicyclic) bond motifs is 1. The van der Waals surface area contributed by atoms with Crippen LogP contribution in [0, 0.1) is 0 Å². The lowest BCUT2D eigenvalue weighted by atomic mass is 10.1. The number of aryl methyl sites for hydroxylation is 2. The standard InChI is InChI=1S/C23H32N6O2/c1-5-7-18-20-21(28(4)26-18)23(30)25-22(24-20)17-14-16(8-9-19(17)31-6-2)15-29-12-10-27(3)11-13-29/h8-9,14H,5-7,10-13,15H2,1-4H3,(H,24,25,30). The Balaban J connectivity index is 1.75. The number of aromatic amines is 1. The number of benzene rings is 1. The lowest BCUT2D eigenvalue weighted by Crippen LogP contribution is -2.43. The summed E-state index contributed by atoms with van der Waals surface area (Å²) < 4.78 is 7.51. The summed E-state index contributed by atoms with van der Waals surface area (Å²) in [5.41, 5.74) is 3.88. The fourth-order valence-electron chi connectivity index (χ4n) is 4.19. The molecule has 0 radical (unpaired) electrons. The Hall–Kier alpha value is -2.71. The van der Waals surface area contributed by atoms with Crippen LogP contribution in [-0.2, 0) is 20.0 Å². The first kappa shape index (κ1) is 21.5. The Morgan fingerprint density at radius 2 is 1.90 bits per heavy atom. The molecule has 166 valence electrons. The van der Waals surface area contributed by atoms with E-state index in [1.165, 1.54) is 5.56 Å². The van der Waals surface area contributed by atoms with Crippen molar-refractivity contribution in [3.8, 4) is 17.1 Å². The SMILES string of the molecule is CCCc1nn(C)c2c(=O)[nH]c(-c3cc(CN4CCN(C)CC4)ccc3OCC)nc12. The molecule has 8 heteroatoms. The molecule has 1 N–H and O–H groups in total. The number of nitrogens with zero attached hydrogens (tertiary/aromatic N) is 5. The summed E-state index contributed by atoms with van der Waals surface area (Å²) in [4.78, 5) is 25.5. The molecule has 1 aromatic carbocycles. The molecule has 1 fully saturated rings. The van der Waals surface area contributed by atoms with E-state index in [1.54, 1.807) is 11.7 Å². The summed E-state index contributed by atoms with van der Waals surface area (Å²) in [6.45, 7) is 9.74. The molecule has 0 unspecified atom stereocenters. The summed E-state index contributed by atoms with van der Waals surface area (Å²) in [6, 6.07) is 6.20. The van der Waals surface area contributed by atoms with Crippen LogP contribution in [0.4, 0.5) is 0 Å². The molecule has 1 aliphatic heterocycles. The number of hydrogen-bond acceptors (Lipinski definition) is 6. The number of aromatic nitrogens is 4.